The van der Waals surface area contributed by atoms with Crippen LogP contribution < -0.4 is 10.1 Å². The molecule has 2 rings (SSSR count). The van der Waals surface area contributed by atoms with Gasteiger partial charge in [-0.3, -0.25) is 0 Å². The summed E-state index contributed by atoms with van der Waals surface area (Å²) in [6.45, 7) is 4.18. The van der Waals surface area contributed by atoms with Gasteiger partial charge in [0.05, 0.1) is 11.8 Å². The van der Waals surface area contributed by atoms with Gasteiger partial charge in [-0.15, -0.1) is 0 Å². The van der Waals surface area contributed by atoms with E-state index in [1.807, 2.05) is 38.1 Å². The average Bonchev–Trinajstić information content (AvgIpc) is 2.45. The van der Waals surface area contributed by atoms with Gasteiger partial charge in [0, 0.05) is 12.1 Å². The lowest BCUT2D eigenvalue weighted by atomic mass is 10.1. The van der Waals surface area contributed by atoms with Crippen molar-refractivity contribution in [3.8, 4) is 23.0 Å². The standard InChI is InChI=1S/C16H19NO4/c1-10(2)21-14-6-4-3-5-12(14)17-9-11-7-8-13(18)16(20)15(11)19/h3-8,10,17-20H,9H2,1-2H3. The lowest BCUT2D eigenvalue weighted by molar-refractivity contribution is 0.243. The Bertz CT molecular complexity index is 626. The van der Waals surface area contributed by atoms with Crippen LogP contribution in [0, 0.1) is 0 Å². The summed E-state index contributed by atoms with van der Waals surface area (Å²) in [5.74, 6) is -0.472. The minimum atomic E-state index is -0.513. The third kappa shape index (κ3) is 3.51. The number of benzene rings is 2. The quantitative estimate of drug-likeness (QED) is 0.635. The number of hydrogen-bond acceptors (Lipinski definition) is 5. The summed E-state index contributed by atoms with van der Waals surface area (Å²) in [5.41, 5.74) is 1.27. The van der Waals surface area contributed by atoms with Crippen LogP contribution in [0.15, 0.2) is 36.4 Å². The number of ether oxygens (including phenoxy) is 1. The first-order valence-electron chi connectivity index (χ1n) is 6.71. The number of phenolic OH excluding ortho intramolecular Hbond substituents is 3. The Balaban J connectivity index is 2.15. The van der Waals surface area contributed by atoms with Crippen molar-refractivity contribution in [1.29, 1.82) is 0 Å². The molecule has 0 saturated heterocycles. The number of rotatable bonds is 5. The van der Waals surface area contributed by atoms with Crippen LogP contribution >= 0.6 is 0 Å². The molecular formula is C16H19NO4. The third-order valence-electron chi connectivity index (χ3n) is 2.93. The highest BCUT2D eigenvalue weighted by atomic mass is 16.5. The number of phenols is 3. The molecule has 0 aromatic heterocycles. The van der Waals surface area contributed by atoms with Gasteiger partial charge >= 0.3 is 0 Å². The van der Waals surface area contributed by atoms with Crippen molar-refractivity contribution in [2.45, 2.75) is 26.5 Å². The molecule has 0 atom stereocenters. The molecule has 0 aliphatic carbocycles. The van der Waals surface area contributed by atoms with E-state index < -0.39 is 5.75 Å². The third-order valence-corrected chi connectivity index (χ3v) is 2.93. The van der Waals surface area contributed by atoms with Crippen molar-refractivity contribution in [2.24, 2.45) is 0 Å². The van der Waals surface area contributed by atoms with Crippen LogP contribution in [0.4, 0.5) is 5.69 Å². The van der Waals surface area contributed by atoms with E-state index in [4.69, 9.17) is 4.74 Å². The van der Waals surface area contributed by atoms with Gasteiger partial charge in [0.2, 0.25) is 5.75 Å². The minimum absolute atomic E-state index is 0.0547. The first kappa shape index (κ1) is 14.8. The van der Waals surface area contributed by atoms with E-state index in [1.54, 1.807) is 6.07 Å². The van der Waals surface area contributed by atoms with Crippen molar-refractivity contribution in [2.75, 3.05) is 5.32 Å². The lowest BCUT2D eigenvalue weighted by Crippen LogP contribution is -2.08. The number of aromatic hydroxyl groups is 3. The topological polar surface area (TPSA) is 82.0 Å². The number of para-hydroxylation sites is 2. The van der Waals surface area contributed by atoms with Crippen LogP contribution in [-0.2, 0) is 6.54 Å². The molecule has 0 heterocycles. The highest BCUT2D eigenvalue weighted by Crippen LogP contribution is 2.37. The zero-order chi connectivity index (χ0) is 15.4. The van der Waals surface area contributed by atoms with Gasteiger partial charge < -0.3 is 25.4 Å². The summed E-state index contributed by atoms with van der Waals surface area (Å²) in [6.07, 6.45) is 0.0547. The van der Waals surface area contributed by atoms with Gasteiger partial charge in [0.15, 0.2) is 11.5 Å². The number of anilines is 1. The van der Waals surface area contributed by atoms with Crippen LogP contribution in [-0.4, -0.2) is 21.4 Å². The van der Waals surface area contributed by atoms with Crippen molar-refractivity contribution in [3.63, 3.8) is 0 Å². The summed E-state index contributed by atoms with van der Waals surface area (Å²) in [5, 5.41) is 31.7. The molecule has 2 aromatic rings. The maximum absolute atomic E-state index is 9.79. The molecule has 0 aliphatic rings. The van der Waals surface area contributed by atoms with Crippen LogP contribution in [0.25, 0.3) is 0 Å². The van der Waals surface area contributed by atoms with Gasteiger partial charge in [-0.1, -0.05) is 12.1 Å². The van der Waals surface area contributed by atoms with E-state index in [2.05, 4.69) is 5.32 Å². The zero-order valence-electron chi connectivity index (χ0n) is 12.0. The van der Waals surface area contributed by atoms with E-state index in [-0.39, 0.29) is 24.1 Å². The minimum Gasteiger partial charge on any atom is -0.504 e. The summed E-state index contributed by atoms with van der Waals surface area (Å²) < 4.78 is 5.69. The Morgan fingerprint density at radius 2 is 1.71 bits per heavy atom. The molecule has 5 nitrogen and oxygen atoms in total. The van der Waals surface area contributed by atoms with Gasteiger partial charge in [-0.2, -0.15) is 0 Å². The average molecular weight is 289 g/mol. The Hall–Kier alpha value is -2.56. The van der Waals surface area contributed by atoms with Gasteiger partial charge in [-0.25, -0.2) is 0 Å². The summed E-state index contributed by atoms with van der Waals surface area (Å²) in [6, 6.07) is 10.4. The van der Waals surface area contributed by atoms with Crippen molar-refractivity contribution < 1.29 is 20.1 Å². The number of nitrogens with one attached hydrogen (secondary N) is 1. The predicted molar refractivity (Wildman–Crippen MR) is 81.0 cm³/mol. The molecule has 5 heteroatoms. The number of hydrogen-bond donors (Lipinski definition) is 4. The van der Waals surface area contributed by atoms with Crippen LogP contribution in [0.3, 0.4) is 0 Å². The predicted octanol–water partition coefficient (Wildman–Crippen LogP) is 3.20. The highest BCUT2D eigenvalue weighted by Gasteiger charge is 2.11. The van der Waals surface area contributed by atoms with Gasteiger partial charge in [-0.05, 0) is 38.1 Å². The summed E-state index contributed by atoms with van der Waals surface area (Å²) >= 11 is 0. The molecule has 112 valence electrons. The first-order chi connectivity index (χ1) is 9.99. The Kier molecular flexibility index (Phi) is 4.42. The fraction of sp³-hybridized carbons (Fsp3) is 0.250. The van der Waals surface area contributed by atoms with E-state index in [0.29, 0.717) is 5.56 Å². The molecule has 0 fully saturated rings. The molecule has 0 amide bonds. The lowest BCUT2D eigenvalue weighted by Gasteiger charge is -2.16. The maximum atomic E-state index is 9.79. The largest absolute Gasteiger partial charge is 0.504 e. The molecule has 0 saturated carbocycles. The Morgan fingerprint density at radius 3 is 2.43 bits per heavy atom. The van der Waals surface area contributed by atoms with Gasteiger partial charge in [0.1, 0.15) is 5.75 Å². The SMILES string of the molecule is CC(C)Oc1ccccc1NCc1ccc(O)c(O)c1O. The van der Waals surface area contributed by atoms with Crippen molar-refractivity contribution in [1.82, 2.24) is 0 Å². The molecule has 4 N–H and O–H groups in total. The van der Waals surface area contributed by atoms with Crippen molar-refractivity contribution >= 4 is 5.69 Å². The van der Waals surface area contributed by atoms with E-state index >= 15 is 0 Å². The molecule has 0 unspecified atom stereocenters. The van der Waals surface area contributed by atoms with Crippen molar-refractivity contribution in [3.05, 3.63) is 42.0 Å². The molecule has 0 aliphatic heterocycles. The second-order valence-corrected chi connectivity index (χ2v) is 4.96. The monoisotopic (exact) mass is 289 g/mol. The van der Waals surface area contributed by atoms with E-state index in [1.165, 1.54) is 6.07 Å². The molecule has 21 heavy (non-hydrogen) atoms. The molecular weight excluding hydrogens is 270 g/mol. The van der Waals surface area contributed by atoms with E-state index in [0.717, 1.165) is 11.4 Å². The van der Waals surface area contributed by atoms with E-state index in [9.17, 15) is 15.3 Å². The second kappa shape index (κ2) is 6.26. The Morgan fingerprint density at radius 1 is 1.00 bits per heavy atom. The van der Waals surface area contributed by atoms with Crippen LogP contribution in [0.2, 0.25) is 0 Å². The second-order valence-electron chi connectivity index (χ2n) is 4.96. The fourth-order valence-electron chi connectivity index (χ4n) is 1.91. The first-order valence-corrected chi connectivity index (χ1v) is 6.71. The van der Waals surface area contributed by atoms with Crippen LogP contribution in [0.1, 0.15) is 19.4 Å². The smallest absolute Gasteiger partial charge is 0.200 e. The summed E-state index contributed by atoms with van der Waals surface area (Å²) in [4.78, 5) is 0. The molecule has 0 radical (unpaired) electrons. The maximum Gasteiger partial charge on any atom is 0.200 e. The highest BCUT2D eigenvalue weighted by molar-refractivity contribution is 5.58. The summed E-state index contributed by atoms with van der Waals surface area (Å²) in [7, 11) is 0. The normalized spacial score (nSPS) is 10.6. The zero-order valence-corrected chi connectivity index (χ0v) is 12.0. The van der Waals surface area contributed by atoms with Gasteiger partial charge in [0.25, 0.3) is 0 Å². The Labute approximate surface area is 123 Å². The molecule has 0 spiro atoms. The molecule has 0 bridgehead atoms. The fourth-order valence-corrected chi connectivity index (χ4v) is 1.91. The van der Waals surface area contributed by atoms with Crippen LogP contribution in [0.5, 0.6) is 23.0 Å². The molecule has 2 aromatic carbocycles.